The minimum absolute atomic E-state index is 0.882. The third-order valence-electron chi connectivity index (χ3n) is 10.2. The van der Waals surface area contributed by atoms with Gasteiger partial charge in [-0.2, -0.15) is 0 Å². The van der Waals surface area contributed by atoms with Gasteiger partial charge in [0.15, 0.2) is 0 Å². The van der Waals surface area contributed by atoms with E-state index < -0.39 is 0 Å². The first-order valence-electron chi connectivity index (χ1n) is 21.4. The molecule has 0 unspecified atom stereocenters. The van der Waals surface area contributed by atoms with E-state index in [1.807, 2.05) is 60.7 Å². The zero-order valence-corrected chi connectivity index (χ0v) is 40.4. The summed E-state index contributed by atoms with van der Waals surface area (Å²) in [7, 11) is 0. The zero-order valence-electron chi connectivity index (χ0n) is 35.6. The van der Waals surface area contributed by atoms with Crippen molar-refractivity contribution in [3.63, 3.8) is 0 Å². The van der Waals surface area contributed by atoms with Crippen LogP contribution in [0.15, 0.2) is 262 Å². The molecule has 10 aromatic rings. The van der Waals surface area contributed by atoms with Crippen LogP contribution >= 0.6 is 54.5 Å². The monoisotopic (exact) mass is 1010 g/mol. The second-order valence-corrected chi connectivity index (χ2v) is 18.9. The van der Waals surface area contributed by atoms with E-state index in [0.717, 1.165) is 67.3 Å². The van der Waals surface area contributed by atoms with E-state index in [1.165, 1.54) is 20.9 Å². The van der Waals surface area contributed by atoms with E-state index in [0.29, 0.717) is 0 Å². The number of hydrogen-bond acceptors (Lipinski definition) is 5. The van der Waals surface area contributed by atoms with Gasteiger partial charge in [0, 0.05) is 77.0 Å². The molecule has 0 fully saturated rings. The molecule has 320 valence electrons. The first-order valence-corrected chi connectivity index (χ1v) is 24.7. The maximum absolute atomic E-state index is 3.49. The number of nitrogens with zero attached hydrogens (tertiary/aromatic N) is 2. The summed E-state index contributed by atoms with van der Waals surface area (Å²) in [5.74, 6) is 0. The Morgan fingerprint density at radius 1 is 0.323 bits per heavy atom. The molecular weight excluding hydrogens is 963 g/mol. The van der Waals surface area contributed by atoms with Crippen molar-refractivity contribution < 1.29 is 0 Å². The number of hydrogen-bond donors (Lipinski definition) is 1. The van der Waals surface area contributed by atoms with E-state index in [9.17, 15) is 0 Å². The highest BCUT2D eigenvalue weighted by atomic mass is 79.9. The lowest BCUT2D eigenvalue weighted by Gasteiger charge is -2.30. The lowest BCUT2D eigenvalue weighted by Crippen LogP contribution is -2.14. The summed E-state index contributed by atoms with van der Waals surface area (Å²) >= 11 is 10.6. The number of para-hydroxylation sites is 6. The van der Waals surface area contributed by atoms with E-state index in [1.54, 1.807) is 22.7 Å². The molecule has 0 spiro atoms. The third kappa shape index (κ3) is 13.3. The number of halogens is 2. The molecule has 1 N–H and O–H groups in total. The number of benzene rings is 8. The molecule has 0 amide bonds. The van der Waals surface area contributed by atoms with Gasteiger partial charge < -0.3 is 15.1 Å². The molecule has 0 atom stereocenters. The largest absolute Gasteiger partial charge is 0.356 e. The van der Waals surface area contributed by atoms with Crippen LogP contribution in [0.4, 0.5) is 45.5 Å². The normalized spacial score (nSPS) is 10.4. The summed E-state index contributed by atoms with van der Waals surface area (Å²) in [6, 6.07) is 84.7. The summed E-state index contributed by atoms with van der Waals surface area (Å²) in [6.45, 7) is 0. The van der Waals surface area contributed by atoms with E-state index >= 15 is 0 Å². The standard InChI is InChI=1S/C35H28N2S.C12H11N.C11H8Br2S/c1-5-14-29(15-6-1)36(30-16-7-2-8-17-30)33-24-28(26-35-22-13-23-38-35)25-34(27-33)37(31-18-9-3-10-19-31)32-20-11-4-12-21-32;1-3-7-11(8-4-1)13-12-9-5-2-6-10-12;12-9-4-8(5-10(13)7-9)6-11-2-1-3-14-11/h1-25,27H,26H2;1-10,13H;1-5,7H,6H2. The number of nitrogens with one attached hydrogen (secondary N) is 1. The summed E-state index contributed by atoms with van der Waals surface area (Å²) in [5, 5.41) is 7.57. The molecule has 0 radical (unpaired) electrons. The average Bonchev–Trinajstić information content (AvgIpc) is 4.07. The molecule has 0 aliphatic heterocycles. The van der Waals surface area contributed by atoms with Crippen molar-refractivity contribution in [2.24, 2.45) is 0 Å². The summed E-state index contributed by atoms with van der Waals surface area (Å²) in [6.07, 6.45) is 1.89. The van der Waals surface area contributed by atoms with Crippen LogP contribution in [-0.2, 0) is 12.8 Å². The van der Waals surface area contributed by atoms with Crippen LogP contribution in [0.25, 0.3) is 0 Å². The van der Waals surface area contributed by atoms with Gasteiger partial charge in [-0.1, -0.05) is 153 Å². The molecule has 2 aromatic heterocycles. The molecule has 0 aliphatic carbocycles. The van der Waals surface area contributed by atoms with Gasteiger partial charge in [0.05, 0.1) is 0 Å². The summed E-state index contributed by atoms with van der Waals surface area (Å²) < 4.78 is 2.25. The highest BCUT2D eigenvalue weighted by Crippen LogP contribution is 2.41. The Morgan fingerprint density at radius 2 is 0.646 bits per heavy atom. The van der Waals surface area contributed by atoms with Crippen molar-refractivity contribution in [3.8, 4) is 0 Å². The fraction of sp³-hybridized carbons (Fsp3) is 0.0345. The second kappa shape index (κ2) is 23.4. The molecule has 8 aromatic carbocycles. The Hall–Kier alpha value is -6.48. The van der Waals surface area contributed by atoms with Crippen LogP contribution in [-0.4, -0.2) is 0 Å². The molecule has 2 heterocycles. The first-order chi connectivity index (χ1) is 32.0. The number of rotatable bonds is 12. The quantitative estimate of drug-likeness (QED) is 0.132. The molecule has 0 aliphatic rings. The molecule has 0 bridgehead atoms. The van der Waals surface area contributed by atoms with Gasteiger partial charge in [-0.05, 0) is 143 Å². The molecule has 0 saturated carbocycles. The molecule has 7 heteroatoms. The summed E-state index contributed by atoms with van der Waals surface area (Å²) in [5.41, 5.74) is 11.6. The van der Waals surface area contributed by atoms with Crippen LogP contribution in [0.3, 0.4) is 0 Å². The van der Waals surface area contributed by atoms with Crippen LogP contribution in [0.1, 0.15) is 20.9 Å². The average molecular weight is 1010 g/mol. The Morgan fingerprint density at radius 3 is 0.969 bits per heavy atom. The molecule has 65 heavy (non-hydrogen) atoms. The molecule has 10 rings (SSSR count). The van der Waals surface area contributed by atoms with Crippen LogP contribution in [0, 0.1) is 0 Å². The van der Waals surface area contributed by atoms with Crippen LogP contribution < -0.4 is 15.1 Å². The van der Waals surface area contributed by atoms with Gasteiger partial charge in [-0.25, -0.2) is 0 Å². The van der Waals surface area contributed by atoms with Gasteiger partial charge in [0.1, 0.15) is 0 Å². The van der Waals surface area contributed by atoms with Gasteiger partial charge in [-0.15, -0.1) is 22.7 Å². The highest BCUT2D eigenvalue weighted by molar-refractivity contribution is 9.11. The van der Waals surface area contributed by atoms with Crippen molar-refractivity contribution in [3.05, 3.63) is 283 Å². The Bertz CT molecular complexity index is 2660. The zero-order chi connectivity index (χ0) is 44.5. The van der Waals surface area contributed by atoms with E-state index in [2.05, 4.69) is 240 Å². The van der Waals surface area contributed by atoms with Gasteiger partial charge in [0.2, 0.25) is 0 Å². The minimum atomic E-state index is 0.882. The number of anilines is 8. The SMILES string of the molecule is Brc1cc(Br)cc(Cc2cccs2)c1.c1ccc(N(c2ccccc2)c2cc(Cc3cccs3)cc(N(c3ccccc3)c3ccccc3)c2)cc1.c1ccc(Nc2ccccc2)cc1. The second-order valence-electron chi connectivity index (χ2n) is 15.0. The van der Waals surface area contributed by atoms with Gasteiger partial charge in [-0.3, -0.25) is 0 Å². The van der Waals surface area contributed by atoms with Crippen molar-refractivity contribution in [2.45, 2.75) is 12.8 Å². The summed E-state index contributed by atoms with van der Waals surface area (Å²) in [4.78, 5) is 7.44. The molecule has 3 nitrogen and oxygen atoms in total. The number of thiophene rings is 2. The predicted molar refractivity (Wildman–Crippen MR) is 288 cm³/mol. The van der Waals surface area contributed by atoms with Crippen molar-refractivity contribution in [1.82, 2.24) is 0 Å². The first kappa shape index (κ1) is 45.1. The topological polar surface area (TPSA) is 18.5 Å². The Labute approximate surface area is 408 Å². The maximum Gasteiger partial charge on any atom is 0.0485 e. The smallest absolute Gasteiger partial charge is 0.0485 e. The van der Waals surface area contributed by atoms with Crippen LogP contribution in [0.5, 0.6) is 0 Å². The van der Waals surface area contributed by atoms with Crippen molar-refractivity contribution in [2.75, 3.05) is 15.1 Å². The predicted octanol–water partition coefficient (Wildman–Crippen LogP) is 18.6. The minimum Gasteiger partial charge on any atom is -0.356 e. The Kier molecular flexibility index (Phi) is 16.3. The van der Waals surface area contributed by atoms with Crippen LogP contribution in [0.2, 0.25) is 0 Å². The molecular formula is C58H47Br2N3S2. The lowest BCUT2D eigenvalue weighted by molar-refractivity contribution is 1.19. The van der Waals surface area contributed by atoms with Crippen molar-refractivity contribution >= 4 is 100 Å². The van der Waals surface area contributed by atoms with Gasteiger partial charge >= 0.3 is 0 Å². The fourth-order valence-corrected chi connectivity index (χ4v) is 10.2. The van der Waals surface area contributed by atoms with E-state index in [-0.39, 0.29) is 0 Å². The molecule has 0 saturated heterocycles. The third-order valence-corrected chi connectivity index (χ3v) is 12.9. The van der Waals surface area contributed by atoms with Crippen molar-refractivity contribution in [1.29, 1.82) is 0 Å². The maximum atomic E-state index is 3.49. The van der Waals surface area contributed by atoms with Gasteiger partial charge in [0.25, 0.3) is 0 Å². The van der Waals surface area contributed by atoms with E-state index in [4.69, 9.17) is 0 Å². The highest BCUT2D eigenvalue weighted by Gasteiger charge is 2.19. The fourth-order valence-electron chi connectivity index (χ4n) is 7.37. The lowest BCUT2D eigenvalue weighted by atomic mass is 10.1. The Balaban J connectivity index is 0.000000172.